The highest BCUT2D eigenvalue weighted by atomic mass is 16.2. The number of nitrogens with zero attached hydrogens (tertiary/aromatic N) is 4. The molecule has 1 unspecified atom stereocenters. The van der Waals surface area contributed by atoms with Crippen LogP contribution in [0.5, 0.6) is 0 Å². The Morgan fingerprint density at radius 2 is 1.58 bits per heavy atom. The van der Waals surface area contributed by atoms with E-state index in [0.29, 0.717) is 12.1 Å². The van der Waals surface area contributed by atoms with E-state index in [9.17, 15) is 9.59 Å². The number of benzene rings is 3. The Morgan fingerprint density at radius 1 is 0.879 bits per heavy atom. The lowest BCUT2D eigenvalue weighted by Gasteiger charge is -2.41. The molecule has 0 aliphatic carbocycles. The molecule has 170 valence electrons. The maximum absolute atomic E-state index is 12.9. The molecule has 2 amide bonds. The molecule has 1 atom stereocenters. The van der Waals surface area contributed by atoms with E-state index >= 15 is 0 Å². The average Bonchev–Trinajstić information content (AvgIpc) is 2.84. The average molecular weight is 443 g/mol. The van der Waals surface area contributed by atoms with Gasteiger partial charge in [-0.15, -0.1) is 0 Å². The third kappa shape index (κ3) is 4.29. The predicted molar refractivity (Wildman–Crippen MR) is 134 cm³/mol. The van der Waals surface area contributed by atoms with Crippen LogP contribution in [-0.2, 0) is 11.3 Å². The van der Waals surface area contributed by atoms with Crippen LogP contribution in [0, 0.1) is 0 Å². The van der Waals surface area contributed by atoms with Gasteiger partial charge in [0.15, 0.2) is 0 Å². The van der Waals surface area contributed by atoms with Crippen LogP contribution >= 0.6 is 0 Å². The van der Waals surface area contributed by atoms with Gasteiger partial charge in [-0.3, -0.25) is 9.59 Å². The normalized spacial score (nSPS) is 15.3. The second-order valence-electron chi connectivity index (χ2n) is 8.67. The monoisotopic (exact) mass is 442 g/mol. The van der Waals surface area contributed by atoms with Gasteiger partial charge in [-0.25, -0.2) is 0 Å². The minimum Gasteiger partial charge on any atom is -0.354 e. The summed E-state index contributed by atoms with van der Waals surface area (Å²) in [4.78, 5) is 32.9. The van der Waals surface area contributed by atoms with Gasteiger partial charge in [0.2, 0.25) is 5.91 Å². The van der Waals surface area contributed by atoms with Crippen LogP contribution in [-0.4, -0.2) is 50.9 Å². The highest BCUT2D eigenvalue weighted by molar-refractivity contribution is 6.05. The van der Waals surface area contributed by atoms with E-state index in [-0.39, 0.29) is 17.9 Å². The minimum absolute atomic E-state index is 0.0290. The SMILES string of the molecule is CC1C(=O)N(C)c2ccc(N(C)c3cccc(C(=O)N(C)C)c3)cc2N1Cc1ccccc1. The summed E-state index contributed by atoms with van der Waals surface area (Å²) < 4.78 is 0. The molecule has 1 aliphatic rings. The van der Waals surface area contributed by atoms with E-state index in [1.54, 1.807) is 23.9 Å². The van der Waals surface area contributed by atoms with Crippen molar-refractivity contribution >= 4 is 34.6 Å². The van der Waals surface area contributed by atoms with Crippen LogP contribution in [0.1, 0.15) is 22.8 Å². The molecule has 1 aliphatic heterocycles. The molecule has 33 heavy (non-hydrogen) atoms. The van der Waals surface area contributed by atoms with Gasteiger partial charge in [0.1, 0.15) is 6.04 Å². The number of likely N-dealkylation sites (N-methyl/N-ethyl adjacent to an activating group) is 1. The maximum atomic E-state index is 12.9. The Hall–Kier alpha value is -3.80. The lowest BCUT2D eigenvalue weighted by Crippen LogP contribution is -2.50. The number of rotatable bonds is 5. The predicted octanol–water partition coefficient (Wildman–Crippen LogP) is 4.53. The molecular formula is C27H30N4O2. The molecule has 3 aromatic carbocycles. The smallest absolute Gasteiger partial charge is 0.253 e. The summed E-state index contributed by atoms with van der Waals surface area (Å²) in [5.41, 5.74) is 5.61. The molecule has 6 heteroatoms. The van der Waals surface area contributed by atoms with E-state index in [0.717, 1.165) is 28.3 Å². The topological polar surface area (TPSA) is 47.1 Å². The van der Waals surface area contributed by atoms with Crippen LogP contribution < -0.4 is 14.7 Å². The van der Waals surface area contributed by atoms with Crippen molar-refractivity contribution in [3.8, 4) is 0 Å². The van der Waals surface area contributed by atoms with Crippen molar-refractivity contribution in [1.29, 1.82) is 0 Å². The summed E-state index contributed by atoms with van der Waals surface area (Å²) in [7, 11) is 7.33. The van der Waals surface area contributed by atoms with E-state index in [4.69, 9.17) is 0 Å². The standard InChI is InChI=1S/C27H30N4O2/c1-19-26(32)30(5)24-15-14-23(17-25(24)31(19)18-20-10-7-6-8-11-20)29(4)22-13-9-12-21(16-22)27(33)28(2)3/h6-17,19H,18H2,1-5H3. The number of carbonyl (C=O) groups is 2. The molecule has 0 bridgehead atoms. The largest absolute Gasteiger partial charge is 0.354 e. The third-order valence-electron chi connectivity index (χ3n) is 6.25. The number of carbonyl (C=O) groups excluding carboxylic acids is 2. The summed E-state index contributed by atoms with van der Waals surface area (Å²) in [5.74, 6) is 0.0492. The molecule has 0 saturated heterocycles. The number of fused-ring (bicyclic) bond motifs is 1. The van der Waals surface area contributed by atoms with Gasteiger partial charge in [-0.1, -0.05) is 36.4 Å². The zero-order valence-electron chi connectivity index (χ0n) is 19.8. The van der Waals surface area contributed by atoms with Gasteiger partial charge in [-0.2, -0.15) is 0 Å². The van der Waals surface area contributed by atoms with Crippen molar-refractivity contribution < 1.29 is 9.59 Å². The molecule has 0 aromatic heterocycles. The van der Waals surface area contributed by atoms with E-state index in [1.165, 1.54) is 0 Å². The van der Waals surface area contributed by atoms with Gasteiger partial charge >= 0.3 is 0 Å². The Labute approximate surface area is 195 Å². The molecule has 0 fully saturated rings. The van der Waals surface area contributed by atoms with Crippen LogP contribution in [0.15, 0.2) is 72.8 Å². The summed E-state index contributed by atoms with van der Waals surface area (Å²) >= 11 is 0. The van der Waals surface area contributed by atoms with Gasteiger partial charge in [0.05, 0.1) is 11.4 Å². The van der Waals surface area contributed by atoms with Crippen LogP contribution in [0.3, 0.4) is 0 Å². The van der Waals surface area contributed by atoms with E-state index in [2.05, 4.69) is 28.0 Å². The number of hydrogen-bond donors (Lipinski definition) is 0. The first-order valence-corrected chi connectivity index (χ1v) is 11.1. The van der Waals surface area contributed by atoms with Gasteiger partial charge < -0.3 is 19.6 Å². The lowest BCUT2D eigenvalue weighted by atomic mass is 10.0. The Morgan fingerprint density at radius 3 is 2.27 bits per heavy atom. The first-order chi connectivity index (χ1) is 15.8. The second-order valence-corrected chi connectivity index (χ2v) is 8.67. The minimum atomic E-state index is -0.274. The number of hydrogen-bond acceptors (Lipinski definition) is 4. The van der Waals surface area contributed by atoms with Crippen molar-refractivity contribution in [3.63, 3.8) is 0 Å². The molecule has 0 saturated carbocycles. The first-order valence-electron chi connectivity index (χ1n) is 11.1. The van der Waals surface area contributed by atoms with E-state index in [1.807, 2.05) is 75.6 Å². The maximum Gasteiger partial charge on any atom is 0.253 e. The third-order valence-corrected chi connectivity index (χ3v) is 6.25. The quantitative estimate of drug-likeness (QED) is 0.583. The molecule has 6 nitrogen and oxygen atoms in total. The lowest BCUT2D eigenvalue weighted by molar-refractivity contribution is -0.119. The van der Waals surface area contributed by atoms with Crippen molar-refractivity contribution in [2.45, 2.75) is 19.5 Å². The molecular weight excluding hydrogens is 412 g/mol. The van der Waals surface area contributed by atoms with E-state index < -0.39 is 0 Å². The highest BCUT2D eigenvalue weighted by Gasteiger charge is 2.34. The van der Waals surface area contributed by atoms with Gasteiger partial charge in [0.25, 0.3) is 5.91 Å². The molecule has 0 radical (unpaired) electrons. The Bertz CT molecular complexity index is 1180. The van der Waals surface area contributed by atoms with Crippen LogP contribution in [0.2, 0.25) is 0 Å². The molecule has 0 N–H and O–H groups in total. The van der Waals surface area contributed by atoms with Crippen LogP contribution in [0.25, 0.3) is 0 Å². The number of anilines is 4. The highest BCUT2D eigenvalue weighted by Crippen LogP contribution is 2.40. The van der Waals surface area contributed by atoms with Crippen molar-refractivity contribution in [3.05, 3.63) is 83.9 Å². The first kappa shape index (κ1) is 22.4. The summed E-state index contributed by atoms with van der Waals surface area (Å²) in [6.07, 6.45) is 0. The Balaban J connectivity index is 1.72. The summed E-state index contributed by atoms with van der Waals surface area (Å²) in [6, 6.07) is 23.7. The zero-order chi connectivity index (χ0) is 23.7. The van der Waals surface area contributed by atoms with Crippen molar-refractivity contribution in [2.24, 2.45) is 0 Å². The fraction of sp³-hybridized carbons (Fsp3) is 0.259. The zero-order valence-corrected chi connectivity index (χ0v) is 19.8. The number of amides is 2. The summed E-state index contributed by atoms with van der Waals surface area (Å²) in [5, 5.41) is 0. The van der Waals surface area contributed by atoms with Crippen molar-refractivity contribution in [1.82, 2.24) is 4.90 Å². The van der Waals surface area contributed by atoms with Crippen molar-refractivity contribution in [2.75, 3.05) is 42.9 Å². The van der Waals surface area contributed by atoms with Crippen LogP contribution in [0.4, 0.5) is 22.7 Å². The molecule has 1 heterocycles. The second kappa shape index (κ2) is 8.98. The molecule has 4 rings (SSSR count). The molecule has 0 spiro atoms. The fourth-order valence-corrected chi connectivity index (χ4v) is 4.23. The molecule has 3 aromatic rings. The fourth-order valence-electron chi connectivity index (χ4n) is 4.23. The Kier molecular flexibility index (Phi) is 6.09. The summed E-state index contributed by atoms with van der Waals surface area (Å²) in [6.45, 7) is 2.60. The van der Waals surface area contributed by atoms with Gasteiger partial charge in [-0.05, 0) is 48.9 Å². The van der Waals surface area contributed by atoms with Gasteiger partial charge in [0, 0.05) is 51.7 Å².